The van der Waals surface area contributed by atoms with Gasteiger partial charge in [-0.25, -0.2) is 9.36 Å². The maximum atomic E-state index is 12.0. The van der Waals surface area contributed by atoms with Gasteiger partial charge in [-0.15, -0.1) is 9.89 Å². The van der Waals surface area contributed by atoms with Crippen molar-refractivity contribution in [3.8, 4) is 0 Å². The predicted octanol–water partition coefficient (Wildman–Crippen LogP) is -0.538. The van der Waals surface area contributed by atoms with Crippen LogP contribution in [0.4, 0.5) is 8.78 Å². The lowest BCUT2D eigenvalue weighted by molar-refractivity contribution is 0.0639. The van der Waals surface area contributed by atoms with Gasteiger partial charge in [-0.3, -0.25) is 0 Å². The molecule has 7 heteroatoms. The molecular weight excluding hydrogens is 158 g/mol. The molecule has 5 nitrogen and oxygen atoms in total. The molecule has 0 fully saturated rings. The van der Waals surface area contributed by atoms with Gasteiger partial charge < -0.3 is 5.84 Å². The lowest BCUT2D eigenvalue weighted by Crippen LogP contribution is -2.30. The van der Waals surface area contributed by atoms with Crippen LogP contribution in [0, 0.1) is 6.92 Å². The quantitative estimate of drug-likeness (QED) is 0.567. The van der Waals surface area contributed by atoms with Gasteiger partial charge in [0, 0.05) is 0 Å². The second-order valence-corrected chi connectivity index (χ2v) is 1.92. The van der Waals surface area contributed by atoms with E-state index < -0.39 is 12.2 Å². The molecule has 0 aliphatic heterocycles. The second-order valence-electron chi connectivity index (χ2n) is 1.92. The van der Waals surface area contributed by atoms with Crippen LogP contribution in [0.15, 0.2) is 4.79 Å². The van der Waals surface area contributed by atoms with Crippen LogP contribution in [-0.2, 0) is 0 Å². The van der Waals surface area contributed by atoms with E-state index in [-0.39, 0.29) is 10.4 Å². The topological polar surface area (TPSA) is 65.8 Å². The largest absolute Gasteiger partial charge is 0.369 e. The first-order valence-corrected chi connectivity index (χ1v) is 2.75. The lowest BCUT2D eigenvalue weighted by atomic mass is 10.7. The summed E-state index contributed by atoms with van der Waals surface area (Å²) >= 11 is 0. The molecule has 0 atom stereocenters. The van der Waals surface area contributed by atoms with Gasteiger partial charge in [0.1, 0.15) is 5.82 Å². The highest BCUT2D eigenvalue weighted by Gasteiger charge is 2.15. The molecule has 1 heterocycles. The number of halogens is 2. The van der Waals surface area contributed by atoms with E-state index in [2.05, 4.69) is 5.10 Å². The van der Waals surface area contributed by atoms with Crippen molar-refractivity contribution in [1.29, 1.82) is 0 Å². The summed E-state index contributed by atoms with van der Waals surface area (Å²) in [5, 5.41) is 3.30. The number of hydrogen-bond donors (Lipinski definition) is 1. The van der Waals surface area contributed by atoms with E-state index in [4.69, 9.17) is 5.84 Å². The number of aryl methyl sites for hydroxylation is 1. The van der Waals surface area contributed by atoms with Crippen LogP contribution in [-0.4, -0.2) is 14.5 Å². The molecule has 0 radical (unpaired) electrons. The first-order chi connectivity index (χ1) is 5.04. The molecule has 0 spiro atoms. The van der Waals surface area contributed by atoms with Crippen molar-refractivity contribution in [2.75, 3.05) is 5.84 Å². The molecule has 0 aliphatic rings. The summed E-state index contributed by atoms with van der Waals surface area (Å²) in [6.45, 7) is -1.61. The smallest absolute Gasteiger partial charge is 0.318 e. The maximum Gasteiger partial charge on any atom is 0.369 e. The van der Waals surface area contributed by atoms with Crippen LogP contribution in [0.2, 0.25) is 0 Å². The Balaban J connectivity index is 3.35. The molecule has 0 saturated carbocycles. The second kappa shape index (κ2) is 2.33. The van der Waals surface area contributed by atoms with Gasteiger partial charge in [-0.05, 0) is 6.92 Å². The van der Waals surface area contributed by atoms with Crippen LogP contribution in [0.3, 0.4) is 0 Å². The Hall–Kier alpha value is -1.40. The minimum Gasteiger partial charge on any atom is -0.318 e. The first kappa shape index (κ1) is 7.70. The molecule has 0 saturated heterocycles. The van der Waals surface area contributed by atoms with E-state index in [1.54, 1.807) is 0 Å². The number of nitrogen functional groups attached to an aromatic ring is 1. The summed E-state index contributed by atoms with van der Waals surface area (Å²) in [6.07, 6.45) is 0. The van der Waals surface area contributed by atoms with E-state index in [0.29, 0.717) is 4.79 Å². The van der Waals surface area contributed by atoms with Gasteiger partial charge in [-0.2, -0.15) is 8.78 Å². The monoisotopic (exact) mass is 164 g/mol. The van der Waals surface area contributed by atoms with Gasteiger partial charge >= 0.3 is 12.2 Å². The predicted molar refractivity (Wildman–Crippen MR) is 32.6 cm³/mol. The van der Waals surface area contributed by atoms with E-state index in [1.165, 1.54) is 6.92 Å². The Bertz CT molecular complexity index is 314. The molecule has 1 rings (SSSR count). The third-order valence-electron chi connectivity index (χ3n) is 1.20. The van der Waals surface area contributed by atoms with Gasteiger partial charge in [0.25, 0.3) is 0 Å². The molecular formula is C4H6F2N4O. The van der Waals surface area contributed by atoms with Crippen LogP contribution >= 0.6 is 0 Å². The number of hydrogen-bond acceptors (Lipinski definition) is 3. The average Bonchev–Trinajstić information content (AvgIpc) is 2.07. The molecule has 62 valence electrons. The number of nitrogens with zero attached hydrogens (tertiary/aromatic N) is 3. The molecule has 0 aromatic carbocycles. The Morgan fingerprint density at radius 1 is 1.64 bits per heavy atom. The lowest BCUT2D eigenvalue weighted by Gasteiger charge is -1.96. The van der Waals surface area contributed by atoms with E-state index >= 15 is 0 Å². The zero-order valence-corrected chi connectivity index (χ0v) is 5.66. The molecule has 2 N–H and O–H groups in total. The van der Waals surface area contributed by atoms with Crippen LogP contribution in [0.1, 0.15) is 12.4 Å². The van der Waals surface area contributed by atoms with Crippen LogP contribution in [0.5, 0.6) is 0 Å². The average molecular weight is 164 g/mol. The summed E-state index contributed by atoms with van der Waals surface area (Å²) in [5.74, 6) is 4.81. The van der Waals surface area contributed by atoms with Gasteiger partial charge in [0.05, 0.1) is 0 Å². The number of rotatable bonds is 1. The fourth-order valence-electron chi connectivity index (χ4n) is 0.720. The highest BCUT2D eigenvalue weighted by Crippen LogP contribution is 2.06. The first-order valence-electron chi connectivity index (χ1n) is 2.75. The standard InChI is InChI=1S/C4H6F2N4O/c1-2-8-10(7)4(11)9(2)3(5)6/h3H,7H2,1H3. The molecule has 0 amide bonds. The zero-order chi connectivity index (χ0) is 8.59. The third-order valence-corrected chi connectivity index (χ3v) is 1.20. The van der Waals surface area contributed by atoms with Gasteiger partial charge in [-0.1, -0.05) is 0 Å². The molecule has 0 unspecified atom stereocenters. The van der Waals surface area contributed by atoms with Crippen molar-refractivity contribution < 1.29 is 8.78 Å². The fourth-order valence-corrected chi connectivity index (χ4v) is 0.720. The van der Waals surface area contributed by atoms with Crippen LogP contribution < -0.4 is 11.5 Å². The normalized spacial score (nSPS) is 10.9. The maximum absolute atomic E-state index is 12.0. The highest BCUT2D eigenvalue weighted by molar-refractivity contribution is 4.83. The Morgan fingerprint density at radius 2 is 2.18 bits per heavy atom. The minimum atomic E-state index is -2.89. The fraction of sp³-hybridized carbons (Fsp3) is 0.500. The van der Waals surface area contributed by atoms with Crippen molar-refractivity contribution in [3.05, 3.63) is 16.3 Å². The molecule has 11 heavy (non-hydrogen) atoms. The number of alkyl halides is 2. The van der Waals surface area contributed by atoms with E-state index in [1.807, 2.05) is 0 Å². The summed E-state index contributed by atoms with van der Waals surface area (Å²) in [7, 11) is 0. The van der Waals surface area contributed by atoms with Crippen LogP contribution in [0.25, 0.3) is 0 Å². The summed E-state index contributed by atoms with van der Waals surface area (Å²) < 4.78 is 24.1. The van der Waals surface area contributed by atoms with Gasteiger partial charge in [0.2, 0.25) is 0 Å². The minimum absolute atomic E-state index is 0.104. The van der Waals surface area contributed by atoms with E-state index in [0.717, 1.165) is 0 Å². The summed E-state index contributed by atoms with van der Waals surface area (Å²) in [6, 6.07) is 0. The van der Waals surface area contributed by atoms with E-state index in [9.17, 15) is 13.6 Å². The Morgan fingerprint density at radius 3 is 2.36 bits per heavy atom. The zero-order valence-electron chi connectivity index (χ0n) is 5.66. The van der Waals surface area contributed by atoms with Crippen molar-refractivity contribution in [3.63, 3.8) is 0 Å². The number of nitrogens with two attached hydrogens (primary N) is 1. The Kier molecular flexibility index (Phi) is 1.63. The van der Waals surface area contributed by atoms with Crippen molar-refractivity contribution in [2.24, 2.45) is 0 Å². The molecule has 1 aromatic heterocycles. The highest BCUT2D eigenvalue weighted by atomic mass is 19.3. The molecule has 1 aromatic rings. The van der Waals surface area contributed by atoms with Crippen molar-refractivity contribution >= 4 is 0 Å². The third kappa shape index (κ3) is 1.08. The van der Waals surface area contributed by atoms with Crippen molar-refractivity contribution in [1.82, 2.24) is 14.5 Å². The number of aromatic nitrogens is 3. The summed E-state index contributed by atoms with van der Waals surface area (Å²) in [5.41, 5.74) is -1.02. The Labute approximate surface area is 60.0 Å². The summed E-state index contributed by atoms with van der Waals surface area (Å²) in [4.78, 5) is 11.1. The molecule has 0 bridgehead atoms. The molecule has 0 aliphatic carbocycles. The van der Waals surface area contributed by atoms with Gasteiger partial charge in [0.15, 0.2) is 0 Å². The van der Waals surface area contributed by atoms with Crippen molar-refractivity contribution in [2.45, 2.75) is 13.5 Å². The SMILES string of the molecule is Cc1nn(N)c(=O)n1C(F)F.